The van der Waals surface area contributed by atoms with Crippen molar-refractivity contribution in [3.05, 3.63) is 64.9 Å². The van der Waals surface area contributed by atoms with Gasteiger partial charge in [0, 0.05) is 10.7 Å². The molecule has 1 aromatic heterocycles. The number of nitrogens with one attached hydrogen (secondary N) is 2. The fourth-order valence-electron chi connectivity index (χ4n) is 3.10. The third-order valence-electron chi connectivity index (χ3n) is 4.52. The van der Waals surface area contributed by atoms with E-state index in [-0.39, 0.29) is 11.9 Å². The van der Waals surface area contributed by atoms with Gasteiger partial charge < -0.3 is 15.5 Å². The van der Waals surface area contributed by atoms with Crippen LogP contribution >= 0.6 is 23.4 Å². The molecule has 0 saturated heterocycles. The van der Waals surface area contributed by atoms with Gasteiger partial charge in [-0.2, -0.15) is 0 Å². The number of hydrogen-bond donors (Lipinski definition) is 2. The van der Waals surface area contributed by atoms with Gasteiger partial charge in [0.2, 0.25) is 11.1 Å². The van der Waals surface area contributed by atoms with Gasteiger partial charge in [0.05, 0.1) is 12.6 Å². The zero-order chi connectivity index (χ0) is 20.4. The molecule has 1 amide bonds. The molecule has 7 nitrogen and oxygen atoms in total. The largest absolute Gasteiger partial charge is 0.494 e. The second kappa shape index (κ2) is 8.34. The molecule has 2 aromatic carbocycles. The minimum atomic E-state index is -0.445. The topological polar surface area (TPSA) is 81.1 Å². The molecule has 4 rings (SSSR count). The summed E-state index contributed by atoms with van der Waals surface area (Å²) in [6.07, 6.45) is 0. The smallest absolute Gasteiger partial charge is 0.240 e. The molecule has 0 fully saturated rings. The first-order valence-electron chi connectivity index (χ1n) is 9.19. The van der Waals surface area contributed by atoms with Crippen LogP contribution < -0.4 is 15.5 Å². The van der Waals surface area contributed by atoms with E-state index >= 15 is 0 Å². The minimum absolute atomic E-state index is 0.129. The number of ether oxygens (including phenoxy) is 1. The van der Waals surface area contributed by atoms with Crippen LogP contribution in [-0.4, -0.2) is 32.6 Å². The van der Waals surface area contributed by atoms with Crippen LogP contribution in [0.25, 0.3) is 0 Å². The Morgan fingerprint density at radius 2 is 1.93 bits per heavy atom. The van der Waals surface area contributed by atoms with E-state index in [2.05, 4.69) is 20.9 Å². The van der Waals surface area contributed by atoms with Gasteiger partial charge in [-0.25, -0.2) is 4.68 Å². The van der Waals surface area contributed by atoms with Gasteiger partial charge in [0.25, 0.3) is 0 Å². The van der Waals surface area contributed by atoms with E-state index in [0.717, 1.165) is 17.1 Å². The van der Waals surface area contributed by atoms with Crippen LogP contribution in [0.15, 0.2) is 53.7 Å². The molecule has 150 valence electrons. The molecule has 2 N–H and O–H groups in total. The monoisotopic (exact) mass is 429 g/mol. The van der Waals surface area contributed by atoms with Crippen molar-refractivity contribution in [1.82, 2.24) is 14.9 Å². The first-order chi connectivity index (χ1) is 14.0. The Balaban J connectivity index is 1.62. The van der Waals surface area contributed by atoms with Crippen molar-refractivity contribution in [2.24, 2.45) is 0 Å². The van der Waals surface area contributed by atoms with Crippen LogP contribution in [0, 0.1) is 6.92 Å². The molecule has 0 unspecified atom stereocenters. The second-order valence-corrected chi connectivity index (χ2v) is 8.05. The Kier molecular flexibility index (Phi) is 5.64. The molecule has 3 aromatic rings. The molecule has 2 atom stereocenters. The highest BCUT2D eigenvalue weighted by atomic mass is 35.5. The third kappa shape index (κ3) is 4.18. The number of hydrogen-bond acceptors (Lipinski definition) is 6. The zero-order valence-electron chi connectivity index (χ0n) is 15.9. The number of halogens is 1. The standard InChI is InChI=1S/C20H20ClN5O2S/c1-3-28-16-10-4-13(5-11-16)17-18(29-20-24-23-12(2)26(20)25-17)19(27)22-15-8-6-14(21)7-9-15/h4-11,17-18,25H,3H2,1-2H3,(H,22,27)/t17-,18-/m0/s1. The lowest BCUT2D eigenvalue weighted by Crippen LogP contribution is -2.41. The maximum atomic E-state index is 13.1. The van der Waals surface area contributed by atoms with Crippen LogP contribution in [-0.2, 0) is 4.79 Å². The molecular formula is C20H20ClN5O2S. The highest BCUT2D eigenvalue weighted by Gasteiger charge is 2.37. The molecule has 0 saturated carbocycles. The Morgan fingerprint density at radius 1 is 1.21 bits per heavy atom. The SMILES string of the molecule is CCOc1ccc([C@@H]2Nn3c(C)nnc3S[C@@H]2C(=O)Nc2ccc(Cl)cc2)cc1. The van der Waals surface area contributed by atoms with Crippen LogP contribution in [0.1, 0.15) is 24.4 Å². The summed E-state index contributed by atoms with van der Waals surface area (Å²) in [6.45, 7) is 4.42. The lowest BCUT2D eigenvalue weighted by atomic mass is 10.0. The van der Waals surface area contributed by atoms with Gasteiger partial charge in [-0.05, 0) is 55.8 Å². The summed E-state index contributed by atoms with van der Waals surface area (Å²) in [7, 11) is 0. The van der Waals surface area contributed by atoms with Gasteiger partial charge in [0.1, 0.15) is 16.8 Å². The molecule has 0 radical (unpaired) electrons. The number of fused-ring (bicyclic) bond motifs is 1. The van der Waals surface area contributed by atoms with E-state index < -0.39 is 5.25 Å². The number of aromatic nitrogens is 3. The number of carbonyl (C=O) groups excluding carboxylic acids is 1. The summed E-state index contributed by atoms with van der Waals surface area (Å²) in [6, 6.07) is 14.5. The molecule has 1 aliphatic rings. The van der Waals surface area contributed by atoms with E-state index in [0.29, 0.717) is 22.5 Å². The summed E-state index contributed by atoms with van der Waals surface area (Å²) in [5.41, 5.74) is 5.04. The number of thioether (sulfide) groups is 1. The van der Waals surface area contributed by atoms with Crippen molar-refractivity contribution in [3.8, 4) is 5.75 Å². The average molecular weight is 430 g/mol. The van der Waals surface area contributed by atoms with Crippen molar-refractivity contribution in [3.63, 3.8) is 0 Å². The van der Waals surface area contributed by atoms with Crippen molar-refractivity contribution < 1.29 is 9.53 Å². The number of amides is 1. The van der Waals surface area contributed by atoms with Gasteiger partial charge in [-0.3, -0.25) is 4.79 Å². The normalized spacial score (nSPS) is 17.9. The van der Waals surface area contributed by atoms with Crippen LogP contribution in [0.2, 0.25) is 5.02 Å². The van der Waals surface area contributed by atoms with Crippen LogP contribution in [0.5, 0.6) is 5.75 Å². The van der Waals surface area contributed by atoms with E-state index in [1.54, 1.807) is 24.3 Å². The Morgan fingerprint density at radius 3 is 2.62 bits per heavy atom. The van der Waals surface area contributed by atoms with Gasteiger partial charge >= 0.3 is 0 Å². The van der Waals surface area contributed by atoms with Crippen molar-refractivity contribution in [2.75, 3.05) is 17.3 Å². The van der Waals surface area contributed by atoms with Gasteiger partial charge in [-0.1, -0.05) is 35.5 Å². The summed E-state index contributed by atoms with van der Waals surface area (Å²) in [5, 5.41) is 12.1. The molecule has 0 spiro atoms. The molecule has 29 heavy (non-hydrogen) atoms. The number of nitrogens with zero attached hydrogens (tertiary/aromatic N) is 3. The fourth-order valence-corrected chi connectivity index (χ4v) is 4.35. The first kappa shape index (κ1) is 19.6. The summed E-state index contributed by atoms with van der Waals surface area (Å²) in [4.78, 5) is 13.1. The predicted octanol–water partition coefficient (Wildman–Crippen LogP) is 4.04. The van der Waals surface area contributed by atoms with Crippen molar-refractivity contribution in [1.29, 1.82) is 0 Å². The Bertz CT molecular complexity index is 1010. The third-order valence-corrected chi connectivity index (χ3v) is 5.99. The molecule has 9 heteroatoms. The zero-order valence-corrected chi connectivity index (χ0v) is 17.5. The van der Waals surface area contributed by atoms with Crippen molar-refractivity contribution >= 4 is 35.0 Å². The average Bonchev–Trinajstić information content (AvgIpc) is 3.10. The summed E-state index contributed by atoms with van der Waals surface area (Å²) < 4.78 is 7.35. The Hall–Kier alpha value is -2.71. The van der Waals surface area contributed by atoms with Crippen LogP contribution in [0.4, 0.5) is 5.69 Å². The molecular weight excluding hydrogens is 410 g/mol. The quantitative estimate of drug-likeness (QED) is 0.637. The van der Waals surface area contributed by atoms with Crippen molar-refractivity contribution in [2.45, 2.75) is 30.3 Å². The van der Waals surface area contributed by atoms with E-state index in [9.17, 15) is 4.79 Å². The van der Waals surface area contributed by atoms with E-state index in [1.165, 1.54) is 11.8 Å². The highest BCUT2D eigenvalue weighted by Crippen LogP contribution is 2.38. The predicted molar refractivity (Wildman–Crippen MR) is 114 cm³/mol. The first-order valence-corrected chi connectivity index (χ1v) is 10.5. The molecule has 2 heterocycles. The number of rotatable bonds is 5. The van der Waals surface area contributed by atoms with Crippen LogP contribution in [0.3, 0.4) is 0 Å². The number of aryl methyl sites for hydroxylation is 1. The highest BCUT2D eigenvalue weighted by molar-refractivity contribution is 8.00. The maximum Gasteiger partial charge on any atom is 0.240 e. The number of carbonyl (C=O) groups is 1. The Labute approximate surface area is 177 Å². The fraction of sp³-hybridized carbons (Fsp3) is 0.250. The lowest BCUT2D eigenvalue weighted by molar-refractivity contribution is -0.116. The van der Waals surface area contributed by atoms with E-state index in [4.69, 9.17) is 16.3 Å². The number of benzene rings is 2. The molecule has 1 aliphatic heterocycles. The summed E-state index contributed by atoms with van der Waals surface area (Å²) >= 11 is 7.32. The lowest BCUT2D eigenvalue weighted by Gasteiger charge is -2.32. The molecule has 0 bridgehead atoms. The van der Waals surface area contributed by atoms with Gasteiger partial charge in [0.15, 0.2) is 0 Å². The molecule has 0 aliphatic carbocycles. The second-order valence-electron chi connectivity index (χ2n) is 6.51. The van der Waals surface area contributed by atoms with E-state index in [1.807, 2.05) is 42.8 Å². The number of anilines is 1. The minimum Gasteiger partial charge on any atom is -0.494 e. The van der Waals surface area contributed by atoms with Gasteiger partial charge in [-0.15, -0.1) is 10.2 Å². The summed E-state index contributed by atoms with van der Waals surface area (Å²) in [5.74, 6) is 1.40. The maximum absolute atomic E-state index is 13.1.